The molecule has 0 bridgehead atoms. The fraction of sp³-hybridized carbons (Fsp3) is 0.650. The Morgan fingerprint density at radius 2 is 1.73 bits per heavy atom. The van der Waals surface area contributed by atoms with Crippen LogP contribution in [0.5, 0.6) is 0 Å². The van der Waals surface area contributed by atoms with Crippen LogP contribution in [-0.4, -0.2) is 29.2 Å². The first-order valence-electron chi connectivity index (χ1n) is 10.4. The minimum Gasteiger partial charge on any atom is -0.339 e. The molecular weight excluding hydrogens is 408 g/mol. The van der Waals surface area contributed by atoms with Crippen LogP contribution in [0.3, 0.4) is 0 Å². The number of H-pyrrole nitrogens is 1. The number of fused-ring (bicyclic) bond motifs is 1. The Labute approximate surface area is 179 Å². The number of nitrogens with one attached hydrogen (secondary N) is 1. The molecule has 3 heterocycles. The Hall–Kier alpha value is -2.42. The third kappa shape index (κ3) is 4.83. The molecule has 0 radical (unpaired) electrons. The van der Waals surface area contributed by atoms with Gasteiger partial charge in [0.2, 0.25) is 11.2 Å². The highest BCUT2D eigenvalue weighted by molar-refractivity contribution is 6.28. The molecule has 0 aromatic carbocycles. The lowest BCUT2D eigenvalue weighted by Gasteiger charge is -2.11. The zero-order chi connectivity index (χ0) is 21.9. The van der Waals surface area contributed by atoms with Crippen LogP contribution in [0.4, 0.5) is 0 Å². The predicted octanol–water partition coefficient (Wildman–Crippen LogP) is 3.43. The van der Waals surface area contributed by atoms with Gasteiger partial charge >= 0.3 is 5.69 Å². The topological polar surface area (TPSA) is 112 Å². The van der Waals surface area contributed by atoms with E-state index in [1.54, 1.807) is 4.57 Å². The van der Waals surface area contributed by atoms with Crippen LogP contribution in [0, 0.1) is 0 Å². The lowest BCUT2D eigenvalue weighted by molar-refractivity contribution is 0.318. The number of aromatic nitrogens is 6. The molecule has 0 fully saturated rings. The van der Waals surface area contributed by atoms with E-state index >= 15 is 0 Å². The number of rotatable bonds is 9. The first-order chi connectivity index (χ1) is 14.2. The van der Waals surface area contributed by atoms with E-state index in [9.17, 15) is 9.59 Å². The summed E-state index contributed by atoms with van der Waals surface area (Å²) in [6.45, 7) is 8.95. The van der Waals surface area contributed by atoms with Crippen molar-refractivity contribution in [2.45, 2.75) is 84.7 Å². The first-order valence-corrected chi connectivity index (χ1v) is 10.8. The molecule has 9 nitrogen and oxygen atoms in total. The fourth-order valence-corrected chi connectivity index (χ4v) is 3.44. The summed E-state index contributed by atoms with van der Waals surface area (Å²) in [5.41, 5.74) is -0.340. The van der Waals surface area contributed by atoms with Gasteiger partial charge in [0.05, 0.1) is 0 Å². The Morgan fingerprint density at radius 1 is 1.03 bits per heavy atom. The van der Waals surface area contributed by atoms with Crippen LogP contribution in [0.25, 0.3) is 11.2 Å². The normalized spacial score (nSPS) is 12.2. The number of imidazole rings is 1. The van der Waals surface area contributed by atoms with Crippen molar-refractivity contribution < 1.29 is 4.52 Å². The highest BCUT2D eigenvalue weighted by atomic mass is 35.5. The molecule has 10 heteroatoms. The van der Waals surface area contributed by atoms with E-state index in [1.807, 2.05) is 20.8 Å². The van der Waals surface area contributed by atoms with Gasteiger partial charge < -0.3 is 9.51 Å². The van der Waals surface area contributed by atoms with Crippen LogP contribution in [0.15, 0.2) is 14.1 Å². The monoisotopic (exact) mass is 436 g/mol. The highest BCUT2D eigenvalue weighted by Gasteiger charge is 2.21. The minimum absolute atomic E-state index is 0.107. The summed E-state index contributed by atoms with van der Waals surface area (Å²) in [5.74, 6) is 1.24. The van der Waals surface area contributed by atoms with Crippen LogP contribution < -0.4 is 11.2 Å². The van der Waals surface area contributed by atoms with Crippen molar-refractivity contribution in [2.24, 2.45) is 0 Å². The van der Waals surface area contributed by atoms with Gasteiger partial charge in [0.1, 0.15) is 0 Å². The summed E-state index contributed by atoms with van der Waals surface area (Å²) in [7, 11) is 0. The third-order valence-corrected chi connectivity index (χ3v) is 5.14. The summed E-state index contributed by atoms with van der Waals surface area (Å²) in [4.78, 5) is 37.1. The maximum atomic E-state index is 13.0. The molecule has 0 saturated heterocycles. The number of halogens is 1. The number of unbranched alkanes of at least 4 members (excludes halogenated alkanes) is 3. The molecule has 0 saturated carbocycles. The van der Waals surface area contributed by atoms with Gasteiger partial charge in [-0.25, -0.2) is 4.79 Å². The van der Waals surface area contributed by atoms with E-state index in [-0.39, 0.29) is 21.9 Å². The fourth-order valence-electron chi connectivity index (χ4n) is 3.27. The minimum atomic E-state index is -0.393. The Bertz CT molecular complexity index is 1120. The van der Waals surface area contributed by atoms with Gasteiger partial charge in [0, 0.05) is 24.9 Å². The van der Waals surface area contributed by atoms with Crippen LogP contribution >= 0.6 is 11.6 Å². The van der Waals surface area contributed by atoms with Gasteiger partial charge in [-0.2, -0.15) is 9.97 Å². The smallest absolute Gasteiger partial charge is 0.332 e. The van der Waals surface area contributed by atoms with Crippen LogP contribution in [-0.2, 0) is 24.9 Å². The molecule has 0 aliphatic rings. The molecule has 1 N–H and O–H groups in total. The number of aromatic amines is 1. The maximum absolute atomic E-state index is 13.0. The summed E-state index contributed by atoms with van der Waals surface area (Å²) < 4.78 is 8.11. The largest absolute Gasteiger partial charge is 0.339 e. The summed E-state index contributed by atoms with van der Waals surface area (Å²) >= 11 is 5.97. The Balaban J connectivity index is 1.74. The molecule has 0 aliphatic carbocycles. The van der Waals surface area contributed by atoms with Crippen molar-refractivity contribution in [3.63, 3.8) is 0 Å². The summed E-state index contributed by atoms with van der Waals surface area (Å²) in [6, 6.07) is 0. The second kappa shape index (κ2) is 9.16. The molecule has 0 unspecified atom stereocenters. The zero-order valence-corrected chi connectivity index (χ0v) is 18.8. The van der Waals surface area contributed by atoms with E-state index in [1.165, 1.54) is 4.57 Å². The second-order valence-electron chi connectivity index (χ2n) is 8.55. The molecule has 0 amide bonds. The average Bonchev–Trinajstić information content (AvgIpc) is 3.30. The van der Waals surface area contributed by atoms with Gasteiger partial charge in [-0.05, 0) is 30.9 Å². The van der Waals surface area contributed by atoms with Gasteiger partial charge in [0.15, 0.2) is 17.0 Å². The molecule has 0 atom stereocenters. The second-order valence-corrected chi connectivity index (χ2v) is 8.91. The van der Waals surface area contributed by atoms with Crippen molar-refractivity contribution in [2.75, 3.05) is 0 Å². The van der Waals surface area contributed by atoms with Gasteiger partial charge in [0.25, 0.3) is 5.56 Å². The van der Waals surface area contributed by atoms with Crippen LogP contribution in [0.1, 0.15) is 71.5 Å². The molecule has 0 spiro atoms. The molecule has 3 aromatic rings. The number of aryl methyl sites for hydroxylation is 2. The predicted molar refractivity (Wildman–Crippen MR) is 115 cm³/mol. The molecule has 3 rings (SSSR count). The first kappa shape index (κ1) is 22.3. The Morgan fingerprint density at radius 3 is 2.40 bits per heavy atom. The lowest BCUT2D eigenvalue weighted by atomic mass is 9.97. The third-order valence-electron chi connectivity index (χ3n) is 4.96. The zero-order valence-electron chi connectivity index (χ0n) is 18.0. The van der Waals surface area contributed by atoms with Crippen molar-refractivity contribution in [1.29, 1.82) is 0 Å². The van der Waals surface area contributed by atoms with E-state index in [4.69, 9.17) is 16.1 Å². The highest BCUT2D eigenvalue weighted by Crippen LogP contribution is 2.20. The number of hydrogen-bond acceptors (Lipinski definition) is 6. The standard InChI is InChI=1S/C20H29ClN6O3/c1-5-6-8-11-26-15-14(23-18(21)24-15)16(28)27(19(26)29)12-9-7-10-13-22-17(30-25-13)20(2,3)4/h5-12H2,1-4H3,(H,23,24). The van der Waals surface area contributed by atoms with E-state index < -0.39 is 5.56 Å². The average molecular weight is 437 g/mol. The SMILES string of the molecule is CCCCCn1c(=O)n(CCCCc2noc(C(C)(C)C)n2)c(=O)c2[nH]c(Cl)nc21. The molecule has 3 aromatic heterocycles. The van der Waals surface area contributed by atoms with Gasteiger partial charge in [-0.1, -0.05) is 45.7 Å². The summed E-state index contributed by atoms with van der Waals surface area (Å²) in [5, 5.41) is 4.12. The molecule has 164 valence electrons. The lowest BCUT2D eigenvalue weighted by Crippen LogP contribution is -2.40. The van der Waals surface area contributed by atoms with Crippen LogP contribution in [0.2, 0.25) is 5.28 Å². The Kier molecular flexibility index (Phi) is 6.80. The van der Waals surface area contributed by atoms with Crippen molar-refractivity contribution in [1.82, 2.24) is 29.2 Å². The number of nitrogens with zero attached hydrogens (tertiary/aromatic N) is 5. The molecule has 30 heavy (non-hydrogen) atoms. The van der Waals surface area contributed by atoms with Gasteiger partial charge in [-0.3, -0.25) is 13.9 Å². The van der Waals surface area contributed by atoms with Crippen molar-refractivity contribution in [3.05, 3.63) is 37.8 Å². The van der Waals surface area contributed by atoms with E-state index in [0.29, 0.717) is 43.3 Å². The molecule has 0 aliphatic heterocycles. The van der Waals surface area contributed by atoms with E-state index in [0.717, 1.165) is 25.7 Å². The summed E-state index contributed by atoms with van der Waals surface area (Å²) in [6.07, 6.45) is 4.85. The van der Waals surface area contributed by atoms with E-state index in [2.05, 4.69) is 27.0 Å². The maximum Gasteiger partial charge on any atom is 0.332 e. The number of hydrogen-bond donors (Lipinski definition) is 1. The quantitative estimate of drug-likeness (QED) is 0.406. The van der Waals surface area contributed by atoms with Crippen molar-refractivity contribution in [3.8, 4) is 0 Å². The van der Waals surface area contributed by atoms with Crippen molar-refractivity contribution >= 4 is 22.8 Å². The van der Waals surface area contributed by atoms with Gasteiger partial charge in [-0.15, -0.1) is 0 Å². The molecular formula is C20H29ClN6O3.